The number of rotatable bonds is 3. The van der Waals surface area contributed by atoms with Gasteiger partial charge in [0.25, 0.3) is 5.91 Å². The number of benzene rings is 1. The van der Waals surface area contributed by atoms with E-state index in [1.165, 1.54) is 0 Å². The van der Waals surface area contributed by atoms with Crippen molar-refractivity contribution >= 4 is 11.6 Å². The zero-order valence-electron chi connectivity index (χ0n) is 12.7. The molecular formula is C16H25N3O. The standard InChI is InChI=1S/C16H25N3O/c1-12-5-4-6-14(17)15(12)16(20)19-9-7-13(8-10-19)11-18(2)3/h4-6,13H,7-11,17H2,1-3H3. The molecule has 1 saturated heterocycles. The van der Waals surface area contributed by atoms with Crippen molar-refractivity contribution in [3.8, 4) is 0 Å². The lowest BCUT2D eigenvalue weighted by atomic mass is 9.95. The molecule has 2 rings (SSSR count). The van der Waals surface area contributed by atoms with Gasteiger partial charge in [-0.1, -0.05) is 12.1 Å². The lowest BCUT2D eigenvalue weighted by Crippen LogP contribution is -2.41. The average molecular weight is 275 g/mol. The fraction of sp³-hybridized carbons (Fsp3) is 0.562. The average Bonchev–Trinajstić information content (AvgIpc) is 2.38. The Balaban J connectivity index is 2.02. The third-order valence-corrected chi connectivity index (χ3v) is 4.04. The Bertz CT molecular complexity index is 456. The van der Waals surface area contributed by atoms with Gasteiger partial charge in [0.05, 0.1) is 5.56 Å². The minimum absolute atomic E-state index is 0.0869. The van der Waals surface area contributed by atoms with Crippen LogP contribution >= 0.6 is 0 Å². The van der Waals surface area contributed by atoms with Crippen molar-refractivity contribution in [1.82, 2.24) is 9.80 Å². The first-order valence-corrected chi connectivity index (χ1v) is 7.28. The fourth-order valence-corrected chi connectivity index (χ4v) is 2.98. The van der Waals surface area contributed by atoms with Gasteiger partial charge in [-0.3, -0.25) is 4.79 Å². The van der Waals surface area contributed by atoms with Crippen molar-refractivity contribution in [2.75, 3.05) is 39.5 Å². The van der Waals surface area contributed by atoms with Crippen LogP contribution in [0.3, 0.4) is 0 Å². The number of nitrogen functional groups attached to an aromatic ring is 1. The second kappa shape index (κ2) is 6.27. The summed E-state index contributed by atoms with van der Waals surface area (Å²) in [6.45, 7) is 4.73. The van der Waals surface area contributed by atoms with Crippen molar-refractivity contribution in [2.24, 2.45) is 5.92 Å². The first kappa shape index (κ1) is 14.9. The quantitative estimate of drug-likeness (QED) is 0.858. The van der Waals surface area contributed by atoms with E-state index in [1.807, 2.05) is 24.0 Å². The molecule has 1 aliphatic heterocycles. The Morgan fingerprint density at radius 3 is 2.55 bits per heavy atom. The summed E-state index contributed by atoms with van der Waals surface area (Å²) in [5, 5.41) is 0. The number of nitrogens with two attached hydrogens (primary N) is 1. The lowest BCUT2D eigenvalue weighted by molar-refractivity contribution is 0.0678. The third kappa shape index (κ3) is 3.31. The molecule has 0 saturated carbocycles. The molecule has 1 aliphatic rings. The molecule has 1 aromatic rings. The van der Waals surface area contributed by atoms with Gasteiger partial charge in [0, 0.05) is 25.3 Å². The van der Waals surface area contributed by atoms with Gasteiger partial charge in [-0.2, -0.15) is 0 Å². The summed E-state index contributed by atoms with van der Waals surface area (Å²) in [5.74, 6) is 0.784. The number of anilines is 1. The van der Waals surface area contributed by atoms with E-state index >= 15 is 0 Å². The van der Waals surface area contributed by atoms with Gasteiger partial charge in [-0.05, 0) is 51.4 Å². The minimum atomic E-state index is 0.0869. The van der Waals surface area contributed by atoms with Crippen LogP contribution < -0.4 is 5.73 Å². The summed E-state index contributed by atoms with van der Waals surface area (Å²) >= 11 is 0. The van der Waals surface area contributed by atoms with Crippen molar-refractivity contribution in [3.63, 3.8) is 0 Å². The van der Waals surface area contributed by atoms with Crippen LogP contribution in [0, 0.1) is 12.8 Å². The van der Waals surface area contributed by atoms with E-state index in [0.29, 0.717) is 17.2 Å². The van der Waals surface area contributed by atoms with Gasteiger partial charge in [0.15, 0.2) is 0 Å². The maximum absolute atomic E-state index is 12.6. The third-order valence-electron chi connectivity index (χ3n) is 4.04. The number of carbonyl (C=O) groups excluding carboxylic acids is 1. The van der Waals surface area contributed by atoms with Gasteiger partial charge >= 0.3 is 0 Å². The van der Waals surface area contributed by atoms with Crippen LogP contribution in [0.25, 0.3) is 0 Å². The van der Waals surface area contributed by atoms with Gasteiger partial charge in [0.2, 0.25) is 0 Å². The topological polar surface area (TPSA) is 49.6 Å². The zero-order valence-corrected chi connectivity index (χ0v) is 12.7. The SMILES string of the molecule is Cc1cccc(N)c1C(=O)N1CCC(CN(C)C)CC1. The van der Waals surface area contributed by atoms with Crippen LogP contribution in [-0.4, -0.2) is 49.4 Å². The molecule has 0 aromatic heterocycles. The van der Waals surface area contributed by atoms with Crippen molar-refractivity contribution in [2.45, 2.75) is 19.8 Å². The Hall–Kier alpha value is -1.55. The van der Waals surface area contributed by atoms with Crippen molar-refractivity contribution in [1.29, 1.82) is 0 Å². The van der Waals surface area contributed by atoms with Gasteiger partial charge in [0.1, 0.15) is 0 Å². The molecule has 4 heteroatoms. The van der Waals surface area contributed by atoms with E-state index in [9.17, 15) is 4.79 Å². The predicted octanol–water partition coefficient (Wildman–Crippen LogP) is 1.99. The highest BCUT2D eigenvalue weighted by molar-refractivity contribution is 6.00. The van der Waals surface area contributed by atoms with Crippen molar-refractivity contribution in [3.05, 3.63) is 29.3 Å². The van der Waals surface area contributed by atoms with E-state index < -0.39 is 0 Å². The number of hydrogen-bond acceptors (Lipinski definition) is 3. The summed E-state index contributed by atoms with van der Waals surface area (Å²) < 4.78 is 0. The number of hydrogen-bond donors (Lipinski definition) is 1. The molecule has 1 heterocycles. The minimum Gasteiger partial charge on any atom is -0.398 e. The molecule has 0 atom stereocenters. The maximum Gasteiger partial charge on any atom is 0.256 e. The predicted molar refractivity (Wildman–Crippen MR) is 82.8 cm³/mol. The number of amides is 1. The molecule has 4 nitrogen and oxygen atoms in total. The molecule has 1 aromatic carbocycles. The summed E-state index contributed by atoms with van der Waals surface area (Å²) in [6.07, 6.45) is 2.16. The van der Waals surface area contributed by atoms with Crippen LogP contribution in [-0.2, 0) is 0 Å². The molecule has 110 valence electrons. The first-order valence-electron chi connectivity index (χ1n) is 7.28. The highest BCUT2D eigenvalue weighted by Gasteiger charge is 2.25. The summed E-state index contributed by atoms with van der Waals surface area (Å²) in [4.78, 5) is 16.8. The van der Waals surface area contributed by atoms with E-state index in [-0.39, 0.29) is 5.91 Å². The second-order valence-corrected chi connectivity index (χ2v) is 6.04. The molecule has 2 N–H and O–H groups in total. The van der Waals surface area contributed by atoms with Crippen LogP contribution in [0.4, 0.5) is 5.69 Å². The fourth-order valence-electron chi connectivity index (χ4n) is 2.98. The molecule has 1 fully saturated rings. The summed E-state index contributed by atoms with van der Waals surface area (Å²) in [6, 6.07) is 5.65. The smallest absolute Gasteiger partial charge is 0.256 e. The van der Waals surface area contributed by atoms with E-state index in [0.717, 1.165) is 38.0 Å². The normalized spacial score (nSPS) is 16.7. The molecule has 0 unspecified atom stereocenters. The Morgan fingerprint density at radius 2 is 2.00 bits per heavy atom. The molecule has 0 bridgehead atoms. The number of aryl methyl sites for hydroxylation is 1. The Morgan fingerprint density at radius 1 is 1.35 bits per heavy atom. The Labute approximate surface area is 121 Å². The van der Waals surface area contributed by atoms with E-state index in [2.05, 4.69) is 19.0 Å². The highest BCUT2D eigenvalue weighted by atomic mass is 16.2. The molecule has 0 aliphatic carbocycles. The van der Waals surface area contributed by atoms with Crippen LogP contribution in [0.1, 0.15) is 28.8 Å². The summed E-state index contributed by atoms with van der Waals surface area (Å²) in [7, 11) is 4.21. The zero-order chi connectivity index (χ0) is 14.7. The molecule has 0 spiro atoms. The van der Waals surface area contributed by atoms with E-state index in [4.69, 9.17) is 5.73 Å². The van der Waals surface area contributed by atoms with Crippen LogP contribution in [0.5, 0.6) is 0 Å². The molecule has 0 radical (unpaired) electrons. The molecule has 1 amide bonds. The molecular weight excluding hydrogens is 250 g/mol. The number of carbonyl (C=O) groups is 1. The summed E-state index contributed by atoms with van der Waals surface area (Å²) in [5.41, 5.74) is 8.20. The van der Waals surface area contributed by atoms with Gasteiger partial charge in [-0.15, -0.1) is 0 Å². The monoisotopic (exact) mass is 275 g/mol. The second-order valence-electron chi connectivity index (χ2n) is 6.04. The van der Waals surface area contributed by atoms with Crippen LogP contribution in [0.2, 0.25) is 0 Å². The first-order chi connectivity index (χ1) is 9.49. The number of likely N-dealkylation sites (tertiary alicyclic amines) is 1. The lowest BCUT2D eigenvalue weighted by Gasteiger charge is -2.33. The Kier molecular flexibility index (Phi) is 4.65. The van der Waals surface area contributed by atoms with Crippen LogP contribution in [0.15, 0.2) is 18.2 Å². The number of nitrogens with zero attached hydrogens (tertiary/aromatic N) is 2. The van der Waals surface area contributed by atoms with Gasteiger partial charge < -0.3 is 15.5 Å². The largest absolute Gasteiger partial charge is 0.398 e. The highest BCUT2D eigenvalue weighted by Crippen LogP contribution is 2.23. The molecule has 20 heavy (non-hydrogen) atoms. The maximum atomic E-state index is 12.6. The number of piperidine rings is 1. The van der Waals surface area contributed by atoms with Crippen molar-refractivity contribution < 1.29 is 4.79 Å². The van der Waals surface area contributed by atoms with E-state index in [1.54, 1.807) is 6.07 Å². The van der Waals surface area contributed by atoms with Gasteiger partial charge in [-0.25, -0.2) is 0 Å².